The third kappa shape index (κ3) is 6.73. The molecule has 2 fully saturated rings. The van der Waals surface area contributed by atoms with Crippen molar-refractivity contribution in [3.8, 4) is 28.6 Å². The molecular weight excluding hydrogens is 536 g/mol. The SMILES string of the molecule is CCCCOC(=O)C1CC(OCCOc2cc(OC)c(OCC3CC3)cc2-c2cc(=O)c3cccc(Cl)c3o2)C1. The Morgan fingerprint density at radius 3 is 2.60 bits per heavy atom. The van der Waals surface area contributed by atoms with Crippen LogP contribution in [0.3, 0.4) is 0 Å². The zero-order chi connectivity index (χ0) is 28.1. The second-order valence-corrected chi connectivity index (χ2v) is 10.8. The Morgan fingerprint density at radius 2 is 1.85 bits per heavy atom. The van der Waals surface area contributed by atoms with Gasteiger partial charge in [0.15, 0.2) is 22.5 Å². The van der Waals surface area contributed by atoms with E-state index in [1.165, 1.54) is 6.07 Å². The van der Waals surface area contributed by atoms with Crippen molar-refractivity contribution in [2.75, 3.05) is 33.5 Å². The van der Waals surface area contributed by atoms with Gasteiger partial charge >= 0.3 is 5.97 Å². The van der Waals surface area contributed by atoms with E-state index >= 15 is 0 Å². The third-order valence-electron chi connectivity index (χ3n) is 7.27. The number of benzene rings is 2. The van der Waals surface area contributed by atoms with Crippen molar-refractivity contribution in [2.24, 2.45) is 11.8 Å². The minimum Gasteiger partial charge on any atom is -0.493 e. The van der Waals surface area contributed by atoms with Crippen LogP contribution in [0.15, 0.2) is 45.6 Å². The van der Waals surface area contributed by atoms with Crippen molar-refractivity contribution in [2.45, 2.75) is 51.6 Å². The van der Waals surface area contributed by atoms with Crippen LogP contribution >= 0.6 is 11.6 Å². The molecule has 0 bridgehead atoms. The largest absolute Gasteiger partial charge is 0.493 e. The number of carbonyl (C=O) groups excluding carboxylic acids is 1. The van der Waals surface area contributed by atoms with Crippen LogP contribution in [0.2, 0.25) is 5.02 Å². The molecule has 5 rings (SSSR count). The van der Waals surface area contributed by atoms with Gasteiger partial charge in [-0.3, -0.25) is 9.59 Å². The monoisotopic (exact) mass is 570 g/mol. The molecule has 2 aromatic carbocycles. The summed E-state index contributed by atoms with van der Waals surface area (Å²) in [6.45, 7) is 3.71. The first-order valence-corrected chi connectivity index (χ1v) is 14.3. The lowest BCUT2D eigenvalue weighted by Gasteiger charge is -2.33. The summed E-state index contributed by atoms with van der Waals surface area (Å²) in [5.41, 5.74) is 0.645. The molecule has 1 heterocycles. The number of methoxy groups -OCH3 is 1. The zero-order valence-corrected chi connectivity index (χ0v) is 23.7. The van der Waals surface area contributed by atoms with E-state index in [4.69, 9.17) is 39.7 Å². The van der Waals surface area contributed by atoms with E-state index in [1.807, 2.05) is 0 Å². The van der Waals surface area contributed by atoms with Gasteiger partial charge in [0.05, 0.1) is 54.9 Å². The summed E-state index contributed by atoms with van der Waals surface area (Å²) in [6, 6.07) is 10.0. The highest BCUT2D eigenvalue weighted by atomic mass is 35.5. The van der Waals surface area contributed by atoms with E-state index < -0.39 is 0 Å². The van der Waals surface area contributed by atoms with Crippen LogP contribution in [0.25, 0.3) is 22.3 Å². The molecule has 0 N–H and O–H groups in total. The molecule has 0 radical (unpaired) electrons. The topological polar surface area (TPSA) is 93.4 Å². The van der Waals surface area contributed by atoms with E-state index in [1.54, 1.807) is 37.4 Å². The molecule has 1 aromatic heterocycles. The van der Waals surface area contributed by atoms with Gasteiger partial charge in [-0.05, 0) is 56.2 Å². The predicted molar refractivity (Wildman–Crippen MR) is 152 cm³/mol. The maximum absolute atomic E-state index is 12.9. The van der Waals surface area contributed by atoms with Crippen LogP contribution in [0.5, 0.6) is 17.2 Å². The second kappa shape index (κ2) is 13.0. The summed E-state index contributed by atoms with van der Waals surface area (Å²) >= 11 is 6.36. The summed E-state index contributed by atoms with van der Waals surface area (Å²) in [5.74, 6) is 2.14. The summed E-state index contributed by atoms with van der Waals surface area (Å²) in [5, 5.41) is 0.748. The Labute approximate surface area is 238 Å². The van der Waals surface area contributed by atoms with E-state index in [0.29, 0.717) is 83.1 Å². The number of halogens is 1. The van der Waals surface area contributed by atoms with Gasteiger partial charge in [0, 0.05) is 12.1 Å². The third-order valence-corrected chi connectivity index (χ3v) is 7.57. The lowest BCUT2D eigenvalue weighted by molar-refractivity contribution is -0.158. The van der Waals surface area contributed by atoms with Gasteiger partial charge in [-0.25, -0.2) is 0 Å². The van der Waals surface area contributed by atoms with E-state index in [-0.39, 0.29) is 30.0 Å². The molecule has 8 nitrogen and oxygen atoms in total. The van der Waals surface area contributed by atoms with Gasteiger partial charge in [0.25, 0.3) is 0 Å². The Kier molecular flexibility index (Phi) is 9.17. The number of rotatable bonds is 14. The van der Waals surface area contributed by atoms with Gasteiger partial charge in [-0.1, -0.05) is 31.0 Å². The quantitative estimate of drug-likeness (QED) is 0.162. The maximum Gasteiger partial charge on any atom is 0.309 e. The molecular formula is C31H35ClO8. The Bertz CT molecular complexity index is 1390. The molecule has 2 aliphatic carbocycles. The van der Waals surface area contributed by atoms with Gasteiger partial charge < -0.3 is 28.1 Å². The van der Waals surface area contributed by atoms with Crippen LogP contribution in [0.4, 0.5) is 0 Å². The van der Waals surface area contributed by atoms with Crippen LogP contribution in [0, 0.1) is 11.8 Å². The lowest BCUT2D eigenvalue weighted by Crippen LogP contribution is -2.38. The fourth-order valence-corrected chi connectivity index (χ4v) is 4.80. The molecule has 0 atom stereocenters. The van der Waals surface area contributed by atoms with Crippen molar-refractivity contribution in [1.82, 2.24) is 0 Å². The summed E-state index contributed by atoms with van der Waals surface area (Å²) < 4.78 is 35.1. The first-order chi connectivity index (χ1) is 19.5. The van der Waals surface area contributed by atoms with E-state index in [2.05, 4.69) is 6.92 Å². The minimum atomic E-state index is -0.211. The summed E-state index contributed by atoms with van der Waals surface area (Å²) in [7, 11) is 1.57. The molecule has 0 aliphatic heterocycles. The predicted octanol–water partition coefficient (Wildman–Crippen LogP) is 6.43. The number of ether oxygens (including phenoxy) is 5. The van der Waals surface area contributed by atoms with Crippen LogP contribution in [0.1, 0.15) is 45.4 Å². The summed E-state index contributed by atoms with van der Waals surface area (Å²) in [6.07, 6.45) is 5.48. The highest BCUT2D eigenvalue weighted by Gasteiger charge is 2.36. The van der Waals surface area contributed by atoms with E-state index in [0.717, 1.165) is 25.7 Å². The molecule has 0 saturated heterocycles. The number of unbranched alkanes of at least 4 members (excludes halogenated alkanes) is 1. The van der Waals surface area contributed by atoms with Crippen LogP contribution < -0.4 is 19.6 Å². The lowest BCUT2D eigenvalue weighted by atomic mass is 9.82. The first kappa shape index (κ1) is 28.3. The Balaban J connectivity index is 1.29. The highest BCUT2D eigenvalue weighted by Crippen LogP contribution is 2.42. The number of fused-ring (bicyclic) bond motifs is 1. The fraction of sp³-hybridized carbons (Fsp3) is 0.484. The molecule has 40 heavy (non-hydrogen) atoms. The van der Waals surface area contributed by atoms with Gasteiger partial charge in [0.1, 0.15) is 18.1 Å². The number of carbonyl (C=O) groups is 1. The average molecular weight is 571 g/mol. The minimum absolute atomic E-state index is 0.000169. The van der Waals surface area contributed by atoms with Crippen LogP contribution in [-0.2, 0) is 14.3 Å². The molecule has 9 heteroatoms. The molecule has 0 unspecified atom stereocenters. The molecule has 2 saturated carbocycles. The van der Waals surface area contributed by atoms with Gasteiger partial charge in [-0.2, -0.15) is 0 Å². The molecule has 0 amide bonds. The number of hydrogen-bond donors (Lipinski definition) is 0. The molecule has 0 spiro atoms. The van der Waals surface area contributed by atoms with Crippen molar-refractivity contribution < 1.29 is 32.9 Å². The molecule has 3 aromatic rings. The number of esters is 1. The number of hydrogen-bond acceptors (Lipinski definition) is 8. The smallest absolute Gasteiger partial charge is 0.309 e. The van der Waals surface area contributed by atoms with Crippen molar-refractivity contribution >= 4 is 28.5 Å². The van der Waals surface area contributed by atoms with Crippen molar-refractivity contribution in [3.05, 3.63) is 51.6 Å². The first-order valence-electron chi connectivity index (χ1n) is 14.0. The Morgan fingerprint density at radius 1 is 1.02 bits per heavy atom. The second-order valence-electron chi connectivity index (χ2n) is 10.4. The average Bonchev–Trinajstić information content (AvgIpc) is 3.76. The standard InChI is InChI=1S/C31H35ClO8/c1-3-4-10-38-31(34)20-13-21(14-20)36-11-12-37-26-17-28(35-2)29(39-18-19-8-9-19)15-23(26)27-16-25(33)22-6-5-7-24(32)30(22)40-27/h5-7,15-17,19-21H,3-4,8-14,18H2,1-2H3. The number of para-hydroxylation sites is 1. The van der Waals surface area contributed by atoms with Gasteiger partial charge in [-0.15, -0.1) is 0 Å². The van der Waals surface area contributed by atoms with Crippen molar-refractivity contribution in [1.29, 1.82) is 0 Å². The Hall–Kier alpha value is -3.23. The van der Waals surface area contributed by atoms with E-state index in [9.17, 15) is 9.59 Å². The molecule has 214 valence electrons. The van der Waals surface area contributed by atoms with Crippen molar-refractivity contribution in [3.63, 3.8) is 0 Å². The zero-order valence-electron chi connectivity index (χ0n) is 22.9. The molecule has 2 aliphatic rings. The van der Waals surface area contributed by atoms with Crippen LogP contribution in [-0.4, -0.2) is 45.6 Å². The summed E-state index contributed by atoms with van der Waals surface area (Å²) in [4.78, 5) is 25.0. The fourth-order valence-electron chi connectivity index (χ4n) is 4.59. The highest BCUT2D eigenvalue weighted by molar-refractivity contribution is 6.34. The normalized spacial score (nSPS) is 18.3. The maximum atomic E-state index is 12.9. The van der Waals surface area contributed by atoms with Gasteiger partial charge in [0.2, 0.25) is 0 Å².